The van der Waals surface area contributed by atoms with E-state index >= 15 is 0 Å². The minimum absolute atomic E-state index is 0.0401. The van der Waals surface area contributed by atoms with Gasteiger partial charge in [0.25, 0.3) is 0 Å². The van der Waals surface area contributed by atoms with E-state index < -0.39 is 5.60 Å². The molecule has 1 atom stereocenters. The Kier molecular flexibility index (Phi) is 4.34. The summed E-state index contributed by atoms with van der Waals surface area (Å²) in [4.78, 5) is 2.29. The van der Waals surface area contributed by atoms with Gasteiger partial charge in [0.05, 0.1) is 18.2 Å². The van der Waals surface area contributed by atoms with Crippen LogP contribution < -0.4 is 0 Å². The largest absolute Gasteiger partial charge is 0.394 e. The molecular formula is C18H27NO2. The van der Waals surface area contributed by atoms with E-state index in [1.807, 2.05) is 6.07 Å². The van der Waals surface area contributed by atoms with E-state index in [1.165, 1.54) is 11.1 Å². The van der Waals surface area contributed by atoms with E-state index in [-0.39, 0.29) is 12.6 Å². The van der Waals surface area contributed by atoms with Gasteiger partial charge in [0.2, 0.25) is 0 Å². The van der Waals surface area contributed by atoms with Crippen LogP contribution in [0.25, 0.3) is 0 Å². The molecule has 0 bridgehead atoms. The fraction of sp³-hybridized carbons (Fsp3) is 0.667. The smallest absolute Gasteiger partial charge is 0.0774 e. The van der Waals surface area contributed by atoms with Gasteiger partial charge in [-0.2, -0.15) is 0 Å². The molecule has 0 saturated heterocycles. The van der Waals surface area contributed by atoms with E-state index in [0.717, 1.165) is 44.6 Å². The Morgan fingerprint density at radius 1 is 1.24 bits per heavy atom. The lowest BCUT2D eigenvalue weighted by molar-refractivity contribution is -0.0510. The Morgan fingerprint density at radius 3 is 2.67 bits per heavy atom. The van der Waals surface area contributed by atoms with Crippen molar-refractivity contribution in [3.05, 3.63) is 35.4 Å². The predicted molar refractivity (Wildman–Crippen MR) is 84.1 cm³/mol. The molecule has 2 N–H and O–H groups in total. The van der Waals surface area contributed by atoms with Crippen molar-refractivity contribution in [1.29, 1.82) is 0 Å². The van der Waals surface area contributed by atoms with Gasteiger partial charge in [-0.3, -0.25) is 4.90 Å². The molecule has 1 aromatic carbocycles. The van der Waals surface area contributed by atoms with Gasteiger partial charge in [-0.25, -0.2) is 0 Å². The number of hydrogen-bond acceptors (Lipinski definition) is 3. The first-order valence-electron chi connectivity index (χ1n) is 8.26. The normalized spacial score (nSPS) is 33.7. The lowest BCUT2D eigenvalue weighted by Gasteiger charge is -2.43. The van der Waals surface area contributed by atoms with Crippen molar-refractivity contribution in [2.45, 2.75) is 50.7 Å². The second kappa shape index (κ2) is 6.07. The monoisotopic (exact) mass is 289 g/mol. The molecule has 116 valence electrons. The topological polar surface area (TPSA) is 43.7 Å². The van der Waals surface area contributed by atoms with Gasteiger partial charge in [-0.1, -0.05) is 31.2 Å². The van der Waals surface area contributed by atoms with Gasteiger partial charge in [-0.05, 0) is 49.1 Å². The molecule has 2 aliphatic rings. The quantitative estimate of drug-likeness (QED) is 0.898. The van der Waals surface area contributed by atoms with Gasteiger partial charge in [-0.15, -0.1) is 0 Å². The lowest BCUT2D eigenvalue weighted by atomic mass is 9.78. The summed E-state index contributed by atoms with van der Waals surface area (Å²) >= 11 is 0. The van der Waals surface area contributed by atoms with Crippen LogP contribution in [0.2, 0.25) is 0 Å². The van der Waals surface area contributed by atoms with Crippen LogP contribution in [-0.2, 0) is 6.42 Å². The predicted octanol–water partition coefficient (Wildman–Crippen LogP) is 2.52. The third-order valence-electron chi connectivity index (χ3n) is 5.40. The third-order valence-corrected chi connectivity index (χ3v) is 5.40. The highest BCUT2D eigenvalue weighted by atomic mass is 16.3. The Morgan fingerprint density at radius 2 is 1.95 bits per heavy atom. The number of nitrogens with zero attached hydrogens (tertiary/aromatic N) is 1. The van der Waals surface area contributed by atoms with Crippen LogP contribution in [0.1, 0.15) is 49.8 Å². The minimum atomic E-state index is -0.563. The highest BCUT2D eigenvalue weighted by Gasteiger charge is 2.37. The minimum Gasteiger partial charge on any atom is -0.394 e. The standard InChI is InChI=1S/C18H27NO2/c1-14-6-9-18(21,10-7-14)13-19-11-8-15-4-2-3-5-16(15)17(19)12-20/h2-5,14,17,20-21H,6-13H2,1H3. The summed E-state index contributed by atoms with van der Waals surface area (Å²) in [6.07, 6.45) is 5.03. The Balaban J connectivity index is 1.74. The molecule has 0 amide bonds. The van der Waals surface area contributed by atoms with Crippen LogP contribution in [0, 0.1) is 5.92 Å². The maximum absolute atomic E-state index is 10.9. The molecule has 0 radical (unpaired) electrons. The molecule has 0 spiro atoms. The van der Waals surface area contributed by atoms with Crippen LogP contribution >= 0.6 is 0 Å². The van der Waals surface area contributed by atoms with E-state index in [4.69, 9.17) is 0 Å². The number of aliphatic hydroxyl groups is 2. The van der Waals surface area contributed by atoms with Gasteiger partial charge in [0.15, 0.2) is 0 Å². The maximum Gasteiger partial charge on any atom is 0.0774 e. The van der Waals surface area contributed by atoms with E-state index in [1.54, 1.807) is 0 Å². The fourth-order valence-electron chi connectivity index (χ4n) is 3.94. The molecule has 1 saturated carbocycles. The first kappa shape index (κ1) is 15.0. The molecule has 3 nitrogen and oxygen atoms in total. The van der Waals surface area contributed by atoms with E-state index in [0.29, 0.717) is 6.54 Å². The van der Waals surface area contributed by atoms with E-state index in [2.05, 4.69) is 30.0 Å². The molecule has 1 unspecified atom stereocenters. The summed E-state index contributed by atoms with van der Waals surface area (Å²) in [5.74, 6) is 0.737. The van der Waals surface area contributed by atoms with Crippen molar-refractivity contribution in [1.82, 2.24) is 4.90 Å². The first-order chi connectivity index (χ1) is 10.1. The van der Waals surface area contributed by atoms with Crippen LogP contribution in [0.4, 0.5) is 0 Å². The molecule has 1 aliphatic carbocycles. The van der Waals surface area contributed by atoms with Crippen molar-refractivity contribution >= 4 is 0 Å². The lowest BCUT2D eigenvalue weighted by Crippen LogP contribution is -2.49. The van der Waals surface area contributed by atoms with Gasteiger partial charge >= 0.3 is 0 Å². The zero-order chi connectivity index (χ0) is 14.9. The highest BCUT2D eigenvalue weighted by molar-refractivity contribution is 5.32. The van der Waals surface area contributed by atoms with Crippen molar-refractivity contribution in [2.75, 3.05) is 19.7 Å². The number of β-amino-alcohol motifs (C(OH)–C–C–N with tert-alkyl or cyclic N) is 1. The molecule has 3 heteroatoms. The highest BCUT2D eigenvalue weighted by Crippen LogP contribution is 2.36. The molecule has 1 fully saturated rings. The summed E-state index contributed by atoms with van der Waals surface area (Å²) in [6, 6.07) is 8.43. The summed E-state index contributed by atoms with van der Waals surface area (Å²) < 4.78 is 0. The van der Waals surface area contributed by atoms with Crippen LogP contribution in [0.3, 0.4) is 0 Å². The number of rotatable bonds is 3. The number of fused-ring (bicyclic) bond motifs is 1. The zero-order valence-corrected chi connectivity index (χ0v) is 13.0. The second-order valence-corrected chi connectivity index (χ2v) is 7.02. The summed E-state index contributed by atoms with van der Waals surface area (Å²) in [5.41, 5.74) is 2.02. The SMILES string of the molecule is CC1CCC(O)(CN2CCc3ccccc3C2CO)CC1. The van der Waals surface area contributed by atoms with Gasteiger partial charge < -0.3 is 10.2 Å². The molecule has 1 heterocycles. The van der Waals surface area contributed by atoms with E-state index in [9.17, 15) is 10.2 Å². The third kappa shape index (κ3) is 3.15. The Bertz CT molecular complexity index is 480. The van der Waals surface area contributed by atoms with Gasteiger partial charge in [0.1, 0.15) is 0 Å². The Labute approximate surface area is 127 Å². The van der Waals surface area contributed by atoms with Gasteiger partial charge in [0, 0.05) is 13.1 Å². The summed E-state index contributed by atoms with van der Waals surface area (Å²) in [6.45, 7) is 4.02. The van der Waals surface area contributed by atoms with Crippen LogP contribution in [0.15, 0.2) is 24.3 Å². The Hall–Kier alpha value is -0.900. The molecular weight excluding hydrogens is 262 g/mol. The van der Waals surface area contributed by atoms with Crippen molar-refractivity contribution in [3.63, 3.8) is 0 Å². The average Bonchev–Trinajstić information content (AvgIpc) is 2.50. The van der Waals surface area contributed by atoms with Crippen LogP contribution in [-0.4, -0.2) is 40.4 Å². The zero-order valence-electron chi connectivity index (χ0n) is 13.0. The molecule has 1 aromatic rings. The number of aliphatic hydroxyl groups excluding tert-OH is 1. The van der Waals surface area contributed by atoms with Crippen molar-refractivity contribution < 1.29 is 10.2 Å². The fourth-order valence-corrected chi connectivity index (χ4v) is 3.94. The van der Waals surface area contributed by atoms with Crippen LogP contribution in [0.5, 0.6) is 0 Å². The number of benzene rings is 1. The summed E-state index contributed by atoms with van der Waals surface area (Å²) in [5, 5.41) is 20.7. The number of hydrogen-bond donors (Lipinski definition) is 2. The first-order valence-corrected chi connectivity index (χ1v) is 8.26. The summed E-state index contributed by atoms with van der Waals surface area (Å²) in [7, 11) is 0. The molecule has 21 heavy (non-hydrogen) atoms. The van der Waals surface area contributed by atoms with Crippen molar-refractivity contribution in [2.24, 2.45) is 5.92 Å². The maximum atomic E-state index is 10.9. The van der Waals surface area contributed by atoms with Crippen molar-refractivity contribution in [3.8, 4) is 0 Å². The molecule has 3 rings (SSSR count). The molecule has 1 aliphatic heterocycles. The second-order valence-electron chi connectivity index (χ2n) is 7.02. The molecule has 0 aromatic heterocycles. The average molecular weight is 289 g/mol.